The lowest BCUT2D eigenvalue weighted by atomic mass is 9.85. The van der Waals surface area contributed by atoms with E-state index < -0.39 is 24.0 Å². The SMILES string of the molecule is CC(C)[C@@](C)(C#N)NC(=O)COC(=O)CCN1C(=O)[C@H]2CC=CC[C@H]2C1=O. The molecule has 0 aromatic carbocycles. The molecule has 8 nitrogen and oxygen atoms in total. The van der Waals surface area contributed by atoms with Crippen molar-refractivity contribution in [3.8, 4) is 6.07 Å². The average molecular weight is 375 g/mol. The smallest absolute Gasteiger partial charge is 0.308 e. The Balaban J connectivity index is 1.78. The van der Waals surface area contributed by atoms with Crippen LogP contribution in [0.15, 0.2) is 12.2 Å². The van der Waals surface area contributed by atoms with Crippen molar-refractivity contribution >= 4 is 23.7 Å². The zero-order chi connectivity index (χ0) is 20.2. The maximum Gasteiger partial charge on any atom is 0.308 e. The van der Waals surface area contributed by atoms with Crippen LogP contribution in [0.5, 0.6) is 0 Å². The molecule has 0 aromatic heterocycles. The third-order valence-corrected chi connectivity index (χ3v) is 5.29. The van der Waals surface area contributed by atoms with Gasteiger partial charge in [0.25, 0.3) is 5.91 Å². The molecule has 146 valence electrons. The number of allylic oxidation sites excluding steroid dienone is 2. The number of carbonyl (C=O) groups excluding carboxylic acids is 4. The zero-order valence-corrected chi connectivity index (χ0v) is 15.9. The molecule has 1 saturated heterocycles. The average Bonchev–Trinajstić information content (AvgIpc) is 2.89. The summed E-state index contributed by atoms with van der Waals surface area (Å²) in [7, 11) is 0. The first-order chi connectivity index (χ1) is 12.7. The Labute approximate surface area is 158 Å². The summed E-state index contributed by atoms with van der Waals surface area (Å²) in [5, 5.41) is 11.7. The van der Waals surface area contributed by atoms with E-state index in [2.05, 4.69) is 5.32 Å². The molecule has 2 rings (SSSR count). The zero-order valence-electron chi connectivity index (χ0n) is 15.9. The highest BCUT2D eigenvalue weighted by Gasteiger charge is 2.47. The Bertz CT molecular complexity index is 683. The lowest BCUT2D eigenvalue weighted by Crippen LogP contribution is -2.50. The van der Waals surface area contributed by atoms with E-state index in [-0.39, 0.29) is 42.5 Å². The molecule has 0 saturated carbocycles. The van der Waals surface area contributed by atoms with Crippen LogP contribution in [0.25, 0.3) is 0 Å². The fraction of sp³-hybridized carbons (Fsp3) is 0.632. The van der Waals surface area contributed by atoms with Gasteiger partial charge in [-0.15, -0.1) is 0 Å². The molecular weight excluding hydrogens is 350 g/mol. The van der Waals surface area contributed by atoms with Gasteiger partial charge in [0.2, 0.25) is 11.8 Å². The van der Waals surface area contributed by atoms with Crippen molar-refractivity contribution in [1.82, 2.24) is 10.2 Å². The second kappa shape index (κ2) is 8.33. The first kappa shape index (κ1) is 20.6. The minimum absolute atomic E-state index is 0.0486. The van der Waals surface area contributed by atoms with Crippen LogP contribution in [0.2, 0.25) is 0 Å². The summed E-state index contributed by atoms with van der Waals surface area (Å²) in [6.07, 6.45) is 4.72. The molecule has 0 unspecified atom stereocenters. The van der Waals surface area contributed by atoms with Crippen molar-refractivity contribution in [2.45, 2.75) is 45.6 Å². The van der Waals surface area contributed by atoms with Gasteiger partial charge >= 0.3 is 5.97 Å². The van der Waals surface area contributed by atoms with Crippen LogP contribution in [0.1, 0.15) is 40.0 Å². The van der Waals surface area contributed by atoms with Crippen LogP contribution in [-0.2, 0) is 23.9 Å². The molecule has 3 amide bonds. The summed E-state index contributed by atoms with van der Waals surface area (Å²) in [6, 6.07) is 2.03. The molecule has 27 heavy (non-hydrogen) atoms. The number of nitrogens with zero attached hydrogens (tertiary/aromatic N) is 2. The molecule has 3 atom stereocenters. The number of nitrogens with one attached hydrogen (secondary N) is 1. The monoisotopic (exact) mass is 375 g/mol. The quantitative estimate of drug-likeness (QED) is 0.402. The number of nitriles is 1. The number of ether oxygens (including phenoxy) is 1. The molecule has 0 radical (unpaired) electrons. The normalized spacial score (nSPS) is 23.6. The summed E-state index contributed by atoms with van der Waals surface area (Å²) in [5.74, 6) is -2.53. The van der Waals surface area contributed by atoms with Crippen molar-refractivity contribution in [1.29, 1.82) is 5.26 Å². The standard InChI is InChI=1S/C19H25N3O5/c1-12(2)19(3,11-20)21-15(23)10-27-16(24)8-9-22-17(25)13-6-4-5-7-14(13)18(22)26/h4-5,12-14H,6-10H2,1-3H3,(H,21,23)/t13-,14+,19-/m1/s1. The van der Waals surface area contributed by atoms with Crippen molar-refractivity contribution in [3.05, 3.63) is 12.2 Å². The van der Waals surface area contributed by atoms with Gasteiger partial charge < -0.3 is 10.1 Å². The fourth-order valence-corrected chi connectivity index (χ4v) is 3.14. The Morgan fingerprint density at radius 1 is 1.30 bits per heavy atom. The Morgan fingerprint density at radius 2 is 1.85 bits per heavy atom. The second-order valence-corrected chi connectivity index (χ2v) is 7.41. The van der Waals surface area contributed by atoms with Gasteiger partial charge in [0, 0.05) is 6.54 Å². The predicted molar refractivity (Wildman–Crippen MR) is 94.6 cm³/mol. The molecule has 0 spiro atoms. The molecule has 1 heterocycles. The third kappa shape index (κ3) is 4.54. The van der Waals surface area contributed by atoms with Gasteiger partial charge in [-0.1, -0.05) is 26.0 Å². The number of hydrogen-bond donors (Lipinski definition) is 1. The predicted octanol–water partition coefficient (Wildman–Crippen LogP) is 0.925. The van der Waals surface area contributed by atoms with Gasteiger partial charge in [-0.3, -0.25) is 24.1 Å². The lowest BCUT2D eigenvalue weighted by molar-refractivity contribution is -0.150. The topological polar surface area (TPSA) is 117 Å². The molecule has 2 aliphatic rings. The highest BCUT2D eigenvalue weighted by molar-refractivity contribution is 6.05. The highest BCUT2D eigenvalue weighted by atomic mass is 16.5. The maximum atomic E-state index is 12.3. The summed E-state index contributed by atoms with van der Waals surface area (Å²) in [4.78, 5) is 49.5. The molecule has 0 aromatic rings. The van der Waals surface area contributed by atoms with Crippen molar-refractivity contribution < 1.29 is 23.9 Å². The van der Waals surface area contributed by atoms with E-state index in [0.717, 1.165) is 4.90 Å². The number of rotatable bonds is 7. The lowest BCUT2D eigenvalue weighted by Gasteiger charge is -2.27. The van der Waals surface area contributed by atoms with E-state index in [1.54, 1.807) is 20.8 Å². The molecular formula is C19H25N3O5. The number of esters is 1. The van der Waals surface area contributed by atoms with Gasteiger partial charge in [-0.25, -0.2) is 0 Å². The number of likely N-dealkylation sites (tertiary alicyclic amines) is 1. The molecule has 1 aliphatic heterocycles. The van der Waals surface area contributed by atoms with E-state index in [1.165, 1.54) is 0 Å². The van der Waals surface area contributed by atoms with Gasteiger partial charge in [0.1, 0.15) is 5.54 Å². The number of amides is 3. The largest absolute Gasteiger partial charge is 0.456 e. The van der Waals surface area contributed by atoms with E-state index in [9.17, 15) is 24.4 Å². The minimum atomic E-state index is -1.05. The van der Waals surface area contributed by atoms with Crippen LogP contribution in [0.3, 0.4) is 0 Å². The first-order valence-electron chi connectivity index (χ1n) is 9.07. The first-order valence-corrected chi connectivity index (χ1v) is 9.07. The number of fused-ring (bicyclic) bond motifs is 1. The Hall–Kier alpha value is -2.69. The van der Waals surface area contributed by atoms with Gasteiger partial charge in [-0.05, 0) is 25.7 Å². The van der Waals surface area contributed by atoms with E-state index >= 15 is 0 Å². The van der Waals surface area contributed by atoms with Crippen LogP contribution in [0.4, 0.5) is 0 Å². The van der Waals surface area contributed by atoms with Crippen LogP contribution in [-0.4, -0.2) is 47.3 Å². The fourth-order valence-electron chi connectivity index (χ4n) is 3.14. The molecule has 1 aliphatic carbocycles. The van der Waals surface area contributed by atoms with Gasteiger partial charge in [-0.2, -0.15) is 5.26 Å². The molecule has 1 N–H and O–H groups in total. The third-order valence-electron chi connectivity index (χ3n) is 5.29. The molecule has 1 fully saturated rings. The number of hydrogen-bond acceptors (Lipinski definition) is 6. The van der Waals surface area contributed by atoms with E-state index in [0.29, 0.717) is 12.8 Å². The molecule has 8 heteroatoms. The maximum absolute atomic E-state index is 12.3. The highest BCUT2D eigenvalue weighted by Crippen LogP contribution is 2.34. The summed E-state index contributed by atoms with van der Waals surface area (Å²) >= 11 is 0. The van der Waals surface area contributed by atoms with Crippen molar-refractivity contribution in [3.63, 3.8) is 0 Å². The summed E-state index contributed by atoms with van der Waals surface area (Å²) in [6.45, 7) is 4.63. The minimum Gasteiger partial charge on any atom is -0.456 e. The van der Waals surface area contributed by atoms with Gasteiger partial charge in [0.15, 0.2) is 6.61 Å². The number of imide groups is 1. The second-order valence-electron chi connectivity index (χ2n) is 7.41. The van der Waals surface area contributed by atoms with E-state index in [4.69, 9.17) is 4.74 Å². The van der Waals surface area contributed by atoms with Crippen LogP contribution < -0.4 is 5.32 Å². The summed E-state index contributed by atoms with van der Waals surface area (Å²) < 4.78 is 4.90. The summed E-state index contributed by atoms with van der Waals surface area (Å²) in [5.41, 5.74) is -1.05. The van der Waals surface area contributed by atoms with Crippen LogP contribution in [0, 0.1) is 29.1 Å². The van der Waals surface area contributed by atoms with Crippen LogP contribution >= 0.6 is 0 Å². The van der Waals surface area contributed by atoms with Gasteiger partial charge in [0.05, 0.1) is 24.3 Å². The Kier molecular flexibility index (Phi) is 6.37. The Morgan fingerprint density at radius 3 is 2.33 bits per heavy atom. The number of carbonyl (C=O) groups is 4. The van der Waals surface area contributed by atoms with Crippen molar-refractivity contribution in [2.75, 3.05) is 13.2 Å². The van der Waals surface area contributed by atoms with Crippen molar-refractivity contribution in [2.24, 2.45) is 17.8 Å². The molecule has 0 bridgehead atoms. The van der Waals surface area contributed by atoms with E-state index in [1.807, 2.05) is 18.2 Å².